The topological polar surface area (TPSA) is 54.4 Å². The molecule has 0 spiro atoms. The molecule has 13 heavy (non-hydrogen) atoms. The standard InChI is InChI=1S/C8H15NO3S/c1-5-7-8(13(10,11)12)9(3,4)6-2/h2,8H,5,7H2,1,3-4H3/p+1. The smallest absolute Gasteiger partial charge is 0.281 e. The van der Waals surface area contributed by atoms with Gasteiger partial charge in [0.25, 0.3) is 0 Å². The largest absolute Gasteiger partial charge is 0.320 e. The lowest BCUT2D eigenvalue weighted by atomic mass is 10.3. The predicted molar refractivity (Wildman–Crippen MR) is 51.2 cm³/mol. The fraction of sp³-hybridized carbons (Fsp3) is 0.750. The van der Waals surface area contributed by atoms with Gasteiger partial charge in [-0.15, -0.1) is 0 Å². The van der Waals surface area contributed by atoms with E-state index in [-0.39, 0.29) is 4.48 Å². The lowest BCUT2D eigenvalue weighted by Gasteiger charge is -2.28. The van der Waals surface area contributed by atoms with Gasteiger partial charge in [-0.3, -0.25) is 4.55 Å². The van der Waals surface area contributed by atoms with Crippen molar-refractivity contribution in [3.05, 3.63) is 0 Å². The maximum atomic E-state index is 11.0. The van der Waals surface area contributed by atoms with Crippen LogP contribution < -0.4 is 0 Å². The van der Waals surface area contributed by atoms with Crippen molar-refractivity contribution in [3.63, 3.8) is 0 Å². The number of hydrogen-bond acceptors (Lipinski definition) is 2. The summed E-state index contributed by atoms with van der Waals surface area (Å²) >= 11 is 0. The second-order valence-corrected chi connectivity index (χ2v) is 5.00. The van der Waals surface area contributed by atoms with E-state index in [0.29, 0.717) is 12.8 Å². The molecule has 5 heteroatoms. The van der Waals surface area contributed by atoms with Gasteiger partial charge < -0.3 is 0 Å². The molecule has 0 amide bonds. The third-order valence-electron chi connectivity index (χ3n) is 1.93. The van der Waals surface area contributed by atoms with Crippen LogP contribution in [0, 0.1) is 12.5 Å². The van der Waals surface area contributed by atoms with Crippen molar-refractivity contribution in [2.75, 3.05) is 14.1 Å². The molecule has 0 radical (unpaired) electrons. The van der Waals surface area contributed by atoms with Crippen LogP contribution in [0.25, 0.3) is 0 Å². The van der Waals surface area contributed by atoms with Gasteiger partial charge in [0, 0.05) is 6.42 Å². The molecule has 0 saturated heterocycles. The predicted octanol–water partition coefficient (Wildman–Crippen LogP) is 0.668. The van der Waals surface area contributed by atoms with E-state index in [1.165, 1.54) is 0 Å². The van der Waals surface area contributed by atoms with Crippen molar-refractivity contribution in [2.45, 2.75) is 25.1 Å². The van der Waals surface area contributed by atoms with E-state index in [0.717, 1.165) is 0 Å². The summed E-state index contributed by atoms with van der Waals surface area (Å²) < 4.78 is 30.7. The summed E-state index contributed by atoms with van der Waals surface area (Å²) in [6.07, 6.45) is 6.20. The van der Waals surface area contributed by atoms with Crippen molar-refractivity contribution in [3.8, 4) is 12.5 Å². The van der Waals surface area contributed by atoms with Crippen LogP contribution in [0.2, 0.25) is 0 Å². The Morgan fingerprint density at radius 2 is 2.00 bits per heavy atom. The highest BCUT2D eigenvalue weighted by Gasteiger charge is 2.37. The normalized spacial score (nSPS) is 15.0. The molecule has 1 atom stereocenters. The second-order valence-electron chi connectivity index (χ2n) is 3.43. The van der Waals surface area contributed by atoms with Gasteiger partial charge in [0.15, 0.2) is 0 Å². The monoisotopic (exact) mass is 206 g/mol. The summed E-state index contributed by atoms with van der Waals surface area (Å²) in [6.45, 7) is 1.84. The molecule has 0 bridgehead atoms. The second kappa shape index (κ2) is 4.09. The lowest BCUT2D eigenvalue weighted by Crippen LogP contribution is -2.48. The van der Waals surface area contributed by atoms with Crippen LogP contribution in [-0.4, -0.2) is 36.9 Å². The first-order chi connectivity index (χ1) is 5.75. The van der Waals surface area contributed by atoms with Crippen LogP contribution in [0.1, 0.15) is 19.8 Å². The number of quaternary nitrogens is 1. The number of rotatable bonds is 4. The first-order valence-electron chi connectivity index (χ1n) is 4.03. The molecule has 1 unspecified atom stereocenters. The zero-order chi connectivity index (χ0) is 10.7. The van der Waals surface area contributed by atoms with E-state index in [9.17, 15) is 8.42 Å². The van der Waals surface area contributed by atoms with Gasteiger partial charge in [0.05, 0.1) is 14.1 Å². The van der Waals surface area contributed by atoms with Crippen molar-refractivity contribution in [1.29, 1.82) is 0 Å². The molecule has 1 N–H and O–H groups in total. The van der Waals surface area contributed by atoms with Crippen LogP contribution >= 0.6 is 0 Å². The van der Waals surface area contributed by atoms with E-state index in [1.54, 1.807) is 14.1 Å². The maximum Gasteiger partial charge on any atom is 0.320 e. The van der Waals surface area contributed by atoms with Gasteiger partial charge in [-0.1, -0.05) is 13.3 Å². The van der Waals surface area contributed by atoms with Crippen LogP contribution in [0.5, 0.6) is 0 Å². The van der Waals surface area contributed by atoms with E-state index in [2.05, 4.69) is 6.04 Å². The van der Waals surface area contributed by atoms with E-state index < -0.39 is 15.5 Å². The van der Waals surface area contributed by atoms with Gasteiger partial charge in [-0.05, 0) is 6.42 Å². The van der Waals surface area contributed by atoms with Crippen LogP contribution in [0.3, 0.4) is 0 Å². The number of hydrogen-bond donors (Lipinski definition) is 1. The number of terminal acetylenes is 1. The Hall–Kier alpha value is -0.570. The quantitative estimate of drug-likeness (QED) is 0.418. The molecule has 0 aliphatic rings. The minimum Gasteiger partial charge on any atom is -0.281 e. The van der Waals surface area contributed by atoms with E-state index in [4.69, 9.17) is 11.0 Å². The Balaban J connectivity index is 4.97. The average Bonchev–Trinajstić information content (AvgIpc) is 1.98. The highest BCUT2D eigenvalue weighted by atomic mass is 32.2. The third-order valence-corrected chi connectivity index (χ3v) is 3.38. The molecule has 0 aliphatic heterocycles. The molecule has 4 nitrogen and oxygen atoms in total. The minimum absolute atomic E-state index is 0.160. The summed E-state index contributed by atoms with van der Waals surface area (Å²) in [5.74, 6) is 0. The molecule has 0 rings (SSSR count). The molecule has 0 saturated carbocycles. The molecular formula is C8H16NO3S+. The highest BCUT2D eigenvalue weighted by Crippen LogP contribution is 2.16. The summed E-state index contributed by atoms with van der Waals surface area (Å²) in [5.41, 5.74) is 0. The van der Waals surface area contributed by atoms with Crippen molar-refractivity contribution < 1.29 is 17.5 Å². The molecule has 0 aliphatic carbocycles. The van der Waals surface area contributed by atoms with Gasteiger partial charge in [0.2, 0.25) is 5.37 Å². The summed E-state index contributed by atoms with van der Waals surface area (Å²) in [5, 5.41) is -0.928. The summed E-state index contributed by atoms with van der Waals surface area (Å²) in [7, 11) is -0.912. The van der Waals surface area contributed by atoms with E-state index in [1.807, 2.05) is 6.92 Å². The zero-order valence-corrected chi connectivity index (χ0v) is 9.00. The molecular weight excluding hydrogens is 190 g/mol. The van der Waals surface area contributed by atoms with Crippen LogP contribution in [0.4, 0.5) is 0 Å². The van der Waals surface area contributed by atoms with Crippen molar-refractivity contribution in [1.82, 2.24) is 0 Å². The van der Waals surface area contributed by atoms with Gasteiger partial charge in [-0.2, -0.15) is 8.42 Å². The number of nitrogens with zero attached hydrogens (tertiary/aromatic N) is 1. The molecule has 76 valence electrons. The molecule has 0 aromatic carbocycles. The highest BCUT2D eigenvalue weighted by molar-refractivity contribution is 7.86. The molecule has 0 aromatic heterocycles. The first kappa shape index (κ1) is 12.4. The van der Waals surface area contributed by atoms with Crippen LogP contribution in [0.15, 0.2) is 0 Å². The van der Waals surface area contributed by atoms with Gasteiger partial charge in [-0.25, -0.2) is 4.48 Å². The SMILES string of the molecule is C#C[N+](C)(C)C(CCC)S(=O)(=O)O. The lowest BCUT2D eigenvalue weighted by molar-refractivity contribution is -0.835. The maximum absolute atomic E-state index is 11.0. The Kier molecular flexibility index (Phi) is 3.91. The third kappa shape index (κ3) is 3.35. The Morgan fingerprint density at radius 3 is 2.23 bits per heavy atom. The zero-order valence-electron chi connectivity index (χ0n) is 8.19. The Morgan fingerprint density at radius 1 is 1.54 bits per heavy atom. The minimum atomic E-state index is -4.07. The Bertz CT molecular complexity index is 300. The fourth-order valence-electron chi connectivity index (χ4n) is 1.13. The van der Waals surface area contributed by atoms with Gasteiger partial charge in [0.1, 0.15) is 6.04 Å². The van der Waals surface area contributed by atoms with Crippen molar-refractivity contribution in [2.24, 2.45) is 0 Å². The first-order valence-corrected chi connectivity index (χ1v) is 5.54. The summed E-state index contributed by atoms with van der Waals surface area (Å²) in [4.78, 5) is 0. The summed E-state index contributed by atoms with van der Waals surface area (Å²) in [6, 6.07) is 2.33. The molecule has 0 fully saturated rings. The Labute approximate surface area is 79.9 Å². The van der Waals surface area contributed by atoms with Crippen LogP contribution in [-0.2, 0) is 10.1 Å². The van der Waals surface area contributed by atoms with E-state index >= 15 is 0 Å². The van der Waals surface area contributed by atoms with Gasteiger partial charge >= 0.3 is 10.1 Å². The molecule has 0 heterocycles. The fourth-order valence-corrected chi connectivity index (χ4v) is 2.40. The molecule has 0 aromatic rings. The van der Waals surface area contributed by atoms with Crippen molar-refractivity contribution >= 4 is 10.1 Å². The average molecular weight is 206 g/mol.